The number of carbonyl (C=O) groups is 2. The Morgan fingerprint density at radius 1 is 0.812 bits per heavy atom. The molecule has 16 heavy (non-hydrogen) atoms. The van der Waals surface area contributed by atoms with Crippen molar-refractivity contribution in [2.75, 3.05) is 0 Å². The van der Waals surface area contributed by atoms with Gasteiger partial charge in [-0.2, -0.15) is 0 Å². The number of carbonyl (C=O) groups excluding carboxylic acids is 2. The highest BCUT2D eigenvalue weighted by atomic mass is 16.1. The Labute approximate surface area is 97.4 Å². The van der Waals surface area contributed by atoms with Crippen molar-refractivity contribution >= 4 is 11.6 Å². The lowest BCUT2D eigenvalue weighted by Crippen LogP contribution is -2.13. The summed E-state index contributed by atoms with van der Waals surface area (Å²) in [6.07, 6.45) is 8.60. The Morgan fingerprint density at radius 2 is 1.19 bits per heavy atom. The Kier molecular flexibility index (Phi) is 5.17. The van der Waals surface area contributed by atoms with Gasteiger partial charge in [-0.3, -0.25) is 9.59 Å². The SMILES string of the molecule is CCCCC1=CC(=O)C(CCCC)=CC1=O. The third kappa shape index (κ3) is 3.44. The van der Waals surface area contributed by atoms with Crippen LogP contribution in [-0.4, -0.2) is 11.6 Å². The summed E-state index contributed by atoms with van der Waals surface area (Å²) in [6, 6.07) is 0. The van der Waals surface area contributed by atoms with Crippen molar-refractivity contribution in [1.29, 1.82) is 0 Å². The summed E-state index contributed by atoms with van der Waals surface area (Å²) in [5, 5.41) is 0. The molecule has 2 heteroatoms. The lowest BCUT2D eigenvalue weighted by molar-refractivity contribution is -0.115. The highest BCUT2D eigenvalue weighted by Crippen LogP contribution is 2.20. The van der Waals surface area contributed by atoms with Crippen LogP contribution in [0.2, 0.25) is 0 Å². The first-order valence-corrected chi connectivity index (χ1v) is 6.18. The minimum atomic E-state index is 0.0409. The molecule has 1 aliphatic rings. The molecule has 0 bridgehead atoms. The van der Waals surface area contributed by atoms with Gasteiger partial charge in [0.15, 0.2) is 11.6 Å². The molecule has 0 saturated heterocycles. The first-order valence-electron chi connectivity index (χ1n) is 6.18. The lowest BCUT2D eigenvalue weighted by Gasteiger charge is -2.11. The number of hydrogen-bond donors (Lipinski definition) is 0. The second kappa shape index (κ2) is 6.41. The van der Waals surface area contributed by atoms with E-state index in [1.165, 1.54) is 0 Å². The van der Waals surface area contributed by atoms with Crippen LogP contribution in [0.1, 0.15) is 52.4 Å². The molecule has 0 aromatic heterocycles. The van der Waals surface area contributed by atoms with Gasteiger partial charge in [-0.25, -0.2) is 0 Å². The Morgan fingerprint density at radius 3 is 1.50 bits per heavy atom. The molecule has 1 rings (SSSR count). The normalized spacial score (nSPS) is 16.1. The average Bonchev–Trinajstić information content (AvgIpc) is 2.28. The maximum Gasteiger partial charge on any atom is 0.182 e. The summed E-state index contributed by atoms with van der Waals surface area (Å²) in [7, 11) is 0. The number of allylic oxidation sites excluding steroid dienone is 4. The van der Waals surface area contributed by atoms with Crippen LogP contribution in [0.15, 0.2) is 23.3 Å². The van der Waals surface area contributed by atoms with Crippen molar-refractivity contribution in [3.8, 4) is 0 Å². The van der Waals surface area contributed by atoms with E-state index in [0.29, 0.717) is 11.1 Å². The van der Waals surface area contributed by atoms with Crippen molar-refractivity contribution in [2.24, 2.45) is 0 Å². The summed E-state index contributed by atoms with van der Waals surface area (Å²) < 4.78 is 0. The smallest absolute Gasteiger partial charge is 0.182 e. The minimum Gasteiger partial charge on any atom is -0.290 e. The summed E-state index contributed by atoms with van der Waals surface area (Å²) in [4.78, 5) is 23.4. The molecule has 0 heterocycles. The third-order valence-corrected chi connectivity index (χ3v) is 2.84. The highest BCUT2D eigenvalue weighted by molar-refractivity contribution is 6.19. The first kappa shape index (κ1) is 12.9. The van der Waals surface area contributed by atoms with E-state index in [4.69, 9.17) is 0 Å². The average molecular weight is 220 g/mol. The zero-order valence-corrected chi connectivity index (χ0v) is 10.2. The zero-order chi connectivity index (χ0) is 12.0. The van der Waals surface area contributed by atoms with Crippen LogP contribution in [-0.2, 0) is 9.59 Å². The van der Waals surface area contributed by atoms with E-state index in [-0.39, 0.29) is 11.6 Å². The molecule has 0 saturated carbocycles. The molecule has 0 amide bonds. The van der Waals surface area contributed by atoms with Gasteiger partial charge >= 0.3 is 0 Å². The fraction of sp³-hybridized carbons (Fsp3) is 0.571. The maximum absolute atomic E-state index is 11.7. The fourth-order valence-electron chi connectivity index (χ4n) is 1.77. The standard InChI is InChI=1S/C14H20O2/c1-3-5-7-11-9-14(16)12(8-6-4-2)10-13(11)15/h9-10H,3-8H2,1-2H3. The van der Waals surface area contributed by atoms with Crippen LogP contribution in [0, 0.1) is 0 Å². The molecule has 0 aliphatic heterocycles. The summed E-state index contributed by atoms with van der Waals surface area (Å²) in [5.41, 5.74) is 1.37. The van der Waals surface area contributed by atoms with Gasteiger partial charge in [0.2, 0.25) is 0 Å². The van der Waals surface area contributed by atoms with Crippen molar-refractivity contribution in [3.05, 3.63) is 23.3 Å². The van der Waals surface area contributed by atoms with Crippen molar-refractivity contribution in [3.63, 3.8) is 0 Å². The molecule has 0 spiro atoms. The molecule has 0 aromatic rings. The van der Waals surface area contributed by atoms with Gasteiger partial charge in [0.05, 0.1) is 0 Å². The van der Waals surface area contributed by atoms with E-state index in [1.54, 1.807) is 12.2 Å². The van der Waals surface area contributed by atoms with E-state index < -0.39 is 0 Å². The predicted molar refractivity (Wildman–Crippen MR) is 65.2 cm³/mol. The van der Waals surface area contributed by atoms with Gasteiger partial charge in [0.1, 0.15) is 0 Å². The summed E-state index contributed by atoms with van der Waals surface area (Å²) in [5.74, 6) is 0.0818. The number of ketones is 2. The number of hydrogen-bond acceptors (Lipinski definition) is 2. The van der Waals surface area contributed by atoms with Gasteiger partial charge < -0.3 is 0 Å². The van der Waals surface area contributed by atoms with E-state index in [1.807, 2.05) is 0 Å². The Balaban J connectivity index is 2.64. The van der Waals surface area contributed by atoms with E-state index in [0.717, 1.165) is 38.5 Å². The summed E-state index contributed by atoms with van der Waals surface area (Å²) in [6.45, 7) is 4.16. The van der Waals surface area contributed by atoms with Crippen molar-refractivity contribution in [1.82, 2.24) is 0 Å². The Hall–Kier alpha value is -1.18. The van der Waals surface area contributed by atoms with Gasteiger partial charge in [-0.15, -0.1) is 0 Å². The van der Waals surface area contributed by atoms with Crippen molar-refractivity contribution < 1.29 is 9.59 Å². The number of unbranched alkanes of at least 4 members (excludes halogenated alkanes) is 2. The van der Waals surface area contributed by atoms with E-state index in [9.17, 15) is 9.59 Å². The molecule has 0 unspecified atom stereocenters. The molecule has 2 nitrogen and oxygen atoms in total. The van der Waals surface area contributed by atoms with Crippen LogP contribution < -0.4 is 0 Å². The first-order chi connectivity index (χ1) is 7.69. The van der Waals surface area contributed by atoms with Gasteiger partial charge in [-0.05, 0) is 37.8 Å². The van der Waals surface area contributed by atoms with Crippen molar-refractivity contribution in [2.45, 2.75) is 52.4 Å². The minimum absolute atomic E-state index is 0.0409. The molecule has 1 aliphatic carbocycles. The molecule has 0 fully saturated rings. The third-order valence-electron chi connectivity index (χ3n) is 2.84. The molecule has 0 aromatic carbocycles. The van der Waals surface area contributed by atoms with E-state index in [2.05, 4.69) is 13.8 Å². The molecule has 88 valence electrons. The van der Waals surface area contributed by atoms with Crippen LogP contribution in [0.3, 0.4) is 0 Å². The largest absolute Gasteiger partial charge is 0.290 e. The monoisotopic (exact) mass is 220 g/mol. The lowest BCUT2D eigenvalue weighted by atomic mass is 9.91. The summed E-state index contributed by atoms with van der Waals surface area (Å²) >= 11 is 0. The molecule has 0 radical (unpaired) electrons. The quantitative estimate of drug-likeness (QED) is 0.643. The zero-order valence-electron chi connectivity index (χ0n) is 10.2. The van der Waals surface area contributed by atoms with E-state index >= 15 is 0 Å². The molecule has 0 N–H and O–H groups in total. The Bertz CT molecular complexity index is 301. The topological polar surface area (TPSA) is 34.1 Å². The second-order valence-electron chi connectivity index (χ2n) is 4.27. The van der Waals surface area contributed by atoms with Gasteiger partial charge in [0, 0.05) is 11.1 Å². The van der Waals surface area contributed by atoms with Gasteiger partial charge in [-0.1, -0.05) is 26.7 Å². The van der Waals surface area contributed by atoms with Crippen LogP contribution in [0.5, 0.6) is 0 Å². The van der Waals surface area contributed by atoms with Crippen LogP contribution in [0.4, 0.5) is 0 Å². The molecular formula is C14H20O2. The van der Waals surface area contributed by atoms with Gasteiger partial charge in [0.25, 0.3) is 0 Å². The second-order valence-corrected chi connectivity index (χ2v) is 4.27. The highest BCUT2D eigenvalue weighted by Gasteiger charge is 2.18. The molecular weight excluding hydrogens is 200 g/mol. The molecule has 0 atom stereocenters. The maximum atomic E-state index is 11.7. The van der Waals surface area contributed by atoms with Crippen LogP contribution in [0.25, 0.3) is 0 Å². The predicted octanol–water partition coefficient (Wildman–Crippen LogP) is 3.37. The van der Waals surface area contributed by atoms with Crippen LogP contribution >= 0.6 is 0 Å². The number of rotatable bonds is 6. The fourth-order valence-corrected chi connectivity index (χ4v) is 1.77.